The van der Waals surface area contributed by atoms with Crippen molar-refractivity contribution in [1.82, 2.24) is 4.98 Å². The number of Topliss-reactive ketones (excluding diaryl/α,β-unsaturated/α-hetero) is 1. The van der Waals surface area contributed by atoms with E-state index in [1.165, 1.54) is 11.3 Å². The van der Waals surface area contributed by atoms with Crippen LogP contribution in [-0.4, -0.2) is 56.6 Å². The molecule has 2 saturated heterocycles. The molecule has 1 aromatic rings. The van der Waals surface area contributed by atoms with Gasteiger partial charge in [-0.15, -0.1) is 12.4 Å². The Hall–Kier alpha value is -1.56. The molecule has 2 spiro atoms. The van der Waals surface area contributed by atoms with E-state index in [9.17, 15) is 20.1 Å². The number of aliphatic hydroxyl groups is 3. The molecule has 9 nitrogen and oxygen atoms in total. The number of nitrogens with two attached hydrogens (primary N) is 2. The van der Waals surface area contributed by atoms with E-state index in [0.717, 1.165) is 4.88 Å². The molecule has 4 aliphatic carbocycles. The van der Waals surface area contributed by atoms with Crippen LogP contribution in [0.25, 0.3) is 0 Å². The molecule has 0 unspecified atom stereocenters. The van der Waals surface area contributed by atoms with Gasteiger partial charge in [0, 0.05) is 22.1 Å². The van der Waals surface area contributed by atoms with E-state index in [-0.39, 0.29) is 25.0 Å². The normalized spacial score (nSPS) is 46.2. The highest BCUT2D eigenvalue weighted by Gasteiger charge is 2.86. The van der Waals surface area contributed by atoms with E-state index in [1.54, 1.807) is 0 Å². The average Bonchev–Trinajstić information content (AvgIpc) is 3.12. The molecule has 4 bridgehead atoms. The zero-order valence-electron chi connectivity index (χ0n) is 18.4. The van der Waals surface area contributed by atoms with Gasteiger partial charge in [0.05, 0.1) is 18.4 Å². The van der Waals surface area contributed by atoms with Crippen molar-refractivity contribution in [3.05, 3.63) is 22.7 Å². The monoisotopic (exact) mass is 496 g/mol. The summed E-state index contributed by atoms with van der Waals surface area (Å²) >= 11 is 1.39. The van der Waals surface area contributed by atoms with Gasteiger partial charge < -0.3 is 31.5 Å². The summed E-state index contributed by atoms with van der Waals surface area (Å²) in [6.45, 7) is 8.15. The molecule has 11 heteroatoms. The number of guanidine groups is 1. The third-order valence-electron chi connectivity index (χ3n) is 9.11. The first-order valence-corrected chi connectivity index (χ1v) is 11.8. The zero-order valence-corrected chi connectivity index (χ0v) is 20.1. The standard InChI is InChI=1S/C22H28N4O5S.ClH/c1-8-9-4-5-11-20-7-31-22(30,21(11,14(8)27)15(9)28)16(29)12(20)19(2,3)6-10-13(20)25-18(32-10)26-17(23)24;/h9,11-12,15-16,28-30H,1,4-7H2,2-3H3,(H4,23,24,25,26);1H/t9-,11-,12+,15+,16-,20-,21-,22+;/m0./s1. The van der Waals surface area contributed by atoms with Crippen LogP contribution in [0.4, 0.5) is 5.13 Å². The Balaban J connectivity index is 0.00000228. The van der Waals surface area contributed by atoms with E-state index in [0.29, 0.717) is 35.7 Å². The van der Waals surface area contributed by atoms with Gasteiger partial charge in [0.1, 0.15) is 11.5 Å². The number of ketones is 1. The molecule has 7 N–H and O–H groups in total. The summed E-state index contributed by atoms with van der Waals surface area (Å²) in [5.41, 5.74) is 9.23. The summed E-state index contributed by atoms with van der Waals surface area (Å²) in [6.07, 6.45) is -0.771. The highest BCUT2D eigenvalue weighted by Crippen LogP contribution is 2.75. The highest BCUT2D eigenvalue weighted by atomic mass is 35.5. The van der Waals surface area contributed by atoms with Crippen LogP contribution in [0.2, 0.25) is 0 Å². The maximum atomic E-state index is 13.7. The number of aromatic nitrogens is 1. The number of carbonyl (C=O) groups is 1. The number of halogens is 1. The van der Waals surface area contributed by atoms with Crippen LogP contribution >= 0.6 is 23.7 Å². The van der Waals surface area contributed by atoms with Crippen LogP contribution in [0.3, 0.4) is 0 Å². The number of rotatable bonds is 1. The minimum atomic E-state index is -2.19. The van der Waals surface area contributed by atoms with E-state index >= 15 is 0 Å². The second kappa shape index (κ2) is 6.56. The van der Waals surface area contributed by atoms with Crippen molar-refractivity contribution in [1.29, 1.82) is 0 Å². The number of nitrogens with zero attached hydrogens (tertiary/aromatic N) is 2. The first kappa shape index (κ1) is 23.2. The number of ether oxygens (including phenoxy) is 1. The predicted octanol–water partition coefficient (Wildman–Crippen LogP) is 0.512. The fraction of sp³-hybridized carbons (Fsp3) is 0.682. The van der Waals surface area contributed by atoms with Gasteiger partial charge in [-0.2, -0.15) is 4.99 Å². The van der Waals surface area contributed by atoms with Crippen LogP contribution in [0.15, 0.2) is 17.1 Å². The van der Waals surface area contributed by atoms with Crippen molar-refractivity contribution in [3.63, 3.8) is 0 Å². The fourth-order valence-electron chi connectivity index (χ4n) is 8.24. The molecule has 6 aliphatic rings. The van der Waals surface area contributed by atoms with E-state index in [1.807, 2.05) is 0 Å². The molecule has 0 aromatic carbocycles. The molecule has 0 amide bonds. The smallest absolute Gasteiger partial charge is 0.212 e. The summed E-state index contributed by atoms with van der Waals surface area (Å²) in [4.78, 5) is 23.6. The Bertz CT molecular complexity index is 1120. The third-order valence-corrected chi connectivity index (χ3v) is 10.1. The molecular weight excluding hydrogens is 468 g/mol. The van der Waals surface area contributed by atoms with Crippen molar-refractivity contribution >= 4 is 40.6 Å². The van der Waals surface area contributed by atoms with Crippen molar-refractivity contribution < 1.29 is 24.9 Å². The van der Waals surface area contributed by atoms with Gasteiger partial charge in [-0.1, -0.05) is 31.8 Å². The first-order valence-electron chi connectivity index (χ1n) is 11.0. The molecule has 0 radical (unpaired) electrons. The highest BCUT2D eigenvalue weighted by molar-refractivity contribution is 7.15. The van der Waals surface area contributed by atoms with Gasteiger partial charge in [-0.25, -0.2) is 4.98 Å². The van der Waals surface area contributed by atoms with Crippen LogP contribution < -0.4 is 11.5 Å². The summed E-state index contributed by atoms with van der Waals surface area (Å²) in [7, 11) is 0. The maximum Gasteiger partial charge on any atom is 0.212 e. The summed E-state index contributed by atoms with van der Waals surface area (Å²) in [5.74, 6) is -4.04. The molecule has 180 valence electrons. The summed E-state index contributed by atoms with van der Waals surface area (Å²) in [6, 6.07) is 0. The first-order chi connectivity index (χ1) is 14.9. The lowest BCUT2D eigenvalue weighted by Gasteiger charge is -2.73. The van der Waals surface area contributed by atoms with Crippen molar-refractivity contribution in [2.75, 3.05) is 6.61 Å². The molecular formula is C22H29ClN4O5S. The predicted molar refractivity (Wildman–Crippen MR) is 123 cm³/mol. The number of hydrogen-bond acceptors (Lipinski definition) is 8. The molecule has 5 fully saturated rings. The molecule has 33 heavy (non-hydrogen) atoms. The maximum absolute atomic E-state index is 13.7. The van der Waals surface area contributed by atoms with Crippen molar-refractivity contribution in [2.24, 2.45) is 45.0 Å². The van der Waals surface area contributed by atoms with Crippen molar-refractivity contribution in [3.8, 4) is 0 Å². The Kier molecular flexibility index (Phi) is 4.61. The quantitative estimate of drug-likeness (QED) is 0.213. The topological polar surface area (TPSA) is 164 Å². The number of fused-ring (bicyclic) bond motifs is 3. The van der Waals surface area contributed by atoms with Crippen LogP contribution in [0, 0.1) is 28.6 Å². The molecule has 2 aliphatic heterocycles. The zero-order chi connectivity index (χ0) is 23.0. The second-order valence-electron chi connectivity index (χ2n) is 10.8. The SMILES string of the molecule is C=C1C(=O)[C@]23[C@H](O)[C@H]1CC[C@H]2[C@@]12CO[C@]3(O)[C@@H](O)[C@@H]1C(C)(C)Cc1sc(N=C(N)N)nc12.Cl. The number of aliphatic hydroxyl groups excluding tert-OH is 2. The largest absolute Gasteiger partial charge is 0.391 e. The van der Waals surface area contributed by atoms with Gasteiger partial charge in [0.2, 0.25) is 10.9 Å². The molecule has 7 rings (SSSR count). The Morgan fingerprint density at radius 1 is 1.27 bits per heavy atom. The lowest BCUT2D eigenvalue weighted by atomic mass is 9.36. The second-order valence-corrected chi connectivity index (χ2v) is 11.9. The number of aliphatic imine (C=N–C) groups is 1. The number of hydrogen-bond donors (Lipinski definition) is 5. The lowest BCUT2D eigenvalue weighted by molar-refractivity contribution is -0.429. The van der Waals surface area contributed by atoms with E-state index in [2.05, 4.69) is 25.4 Å². The summed E-state index contributed by atoms with van der Waals surface area (Å²) < 4.78 is 6.02. The van der Waals surface area contributed by atoms with Crippen LogP contribution in [-0.2, 0) is 21.4 Å². The van der Waals surface area contributed by atoms with Gasteiger partial charge in [-0.05, 0) is 36.2 Å². The third kappa shape index (κ3) is 2.26. The van der Waals surface area contributed by atoms with Gasteiger partial charge in [-0.3, -0.25) is 4.79 Å². The lowest BCUT2D eigenvalue weighted by Crippen LogP contribution is -2.85. The minimum absolute atomic E-state index is 0. The number of carbonyl (C=O) groups excluding carboxylic acids is 1. The minimum Gasteiger partial charge on any atom is -0.391 e. The fourth-order valence-corrected chi connectivity index (χ4v) is 9.52. The van der Waals surface area contributed by atoms with E-state index in [4.69, 9.17) is 21.2 Å². The van der Waals surface area contributed by atoms with E-state index < -0.39 is 57.8 Å². The molecule has 1 aromatic heterocycles. The number of thiazole rings is 1. The molecule has 8 atom stereocenters. The molecule has 3 heterocycles. The Morgan fingerprint density at radius 3 is 2.64 bits per heavy atom. The van der Waals surface area contributed by atoms with Gasteiger partial charge >= 0.3 is 0 Å². The Labute approximate surface area is 201 Å². The van der Waals surface area contributed by atoms with Gasteiger partial charge in [0.25, 0.3) is 0 Å². The Morgan fingerprint density at radius 2 is 1.97 bits per heavy atom. The summed E-state index contributed by atoms with van der Waals surface area (Å²) in [5, 5.41) is 35.4. The van der Waals surface area contributed by atoms with Crippen LogP contribution in [0.1, 0.15) is 37.3 Å². The average molecular weight is 497 g/mol. The van der Waals surface area contributed by atoms with Crippen molar-refractivity contribution in [2.45, 2.75) is 56.5 Å². The van der Waals surface area contributed by atoms with Gasteiger partial charge in [0.15, 0.2) is 11.7 Å². The molecule has 3 saturated carbocycles. The van der Waals surface area contributed by atoms with Crippen LogP contribution in [0.5, 0.6) is 0 Å².